The van der Waals surface area contributed by atoms with Gasteiger partial charge in [-0.15, -0.1) is 0 Å². The smallest absolute Gasteiger partial charge is 0.191 e. The number of benzene rings is 1. The lowest BCUT2D eigenvalue weighted by Crippen LogP contribution is -2.38. The van der Waals surface area contributed by atoms with Crippen molar-refractivity contribution in [1.82, 2.24) is 10.6 Å². The first-order valence-corrected chi connectivity index (χ1v) is 8.91. The second-order valence-corrected chi connectivity index (χ2v) is 5.59. The molecular formula is C16H27N3O2S. The zero-order chi connectivity index (χ0) is 16.0. The lowest BCUT2D eigenvalue weighted by atomic mass is 10.2. The molecule has 0 spiro atoms. The number of aliphatic imine (C=N–C) groups is 1. The van der Waals surface area contributed by atoms with E-state index in [9.17, 15) is 0 Å². The normalized spacial score (nSPS) is 11.3. The van der Waals surface area contributed by atoms with E-state index in [0.29, 0.717) is 19.8 Å². The average molecular weight is 325 g/mol. The second-order valence-electron chi connectivity index (χ2n) is 4.60. The summed E-state index contributed by atoms with van der Waals surface area (Å²) in [7, 11) is 1.67. The Labute approximate surface area is 137 Å². The largest absolute Gasteiger partial charge is 0.491 e. The number of methoxy groups -OCH3 is 1. The summed E-state index contributed by atoms with van der Waals surface area (Å²) in [5.41, 5.74) is 1.15. The average Bonchev–Trinajstić information content (AvgIpc) is 2.54. The molecule has 5 nitrogen and oxygen atoms in total. The van der Waals surface area contributed by atoms with E-state index in [4.69, 9.17) is 9.47 Å². The van der Waals surface area contributed by atoms with Crippen LogP contribution in [0.3, 0.4) is 0 Å². The predicted molar refractivity (Wildman–Crippen MR) is 95.0 cm³/mol. The first kappa shape index (κ1) is 18.6. The van der Waals surface area contributed by atoms with E-state index in [0.717, 1.165) is 36.1 Å². The fourth-order valence-corrected chi connectivity index (χ4v) is 2.02. The van der Waals surface area contributed by atoms with E-state index in [1.54, 1.807) is 7.11 Å². The molecule has 0 amide bonds. The number of rotatable bonds is 10. The van der Waals surface area contributed by atoms with Crippen molar-refractivity contribution in [2.75, 3.05) is 45.4 Å². The van der Waals surface area contributed by atoms with Crippen LogP contribution in [0.5, 0.6) is 5.75 Å². The van der Waals surface area contributed by atoms with Crippen molar-refractivity contribution in [3.63, 3.8) is 0 Å². The van der Waals surface area contributed by atoms with Crippen LogP contribution in [0.15, 0.2) is 29.3 Å². The molecule has 0 bridgehead atoms. The molecule has 22 heavy (non-hydrogen) atoms. The minimum Gasteiger partial charge on any atom is -0.491 e. The number of nitrogens with zero attached hydrogens (tertiary/aromatic N) is 1. The van der Waals surface area contributed by atoms with Crippen LogP contribution in [-0.4, -0.2) is 51.4 Å². The van der Waals surface area contributed by atoms with Crippen molar-refractivity contribution >= 4 is 17.7 Å². The fraction of sp³-hybridized carbons (Fsp3) is 0.562. The molecule has 0 fully saturated rings. The zero-order valence-corrected chi connectivity index (χ0v) is 14.5. The van der Waals surface area contributed by atoms with Gasteiger partial charge in [0, 0.05) is 26.0 Å². The highest BCUT2D eigenvalue weighted by Crippen LogP contribution is 2.12. The summed E-state index contributed by atoms with van der Waals surface area (Å²) in [5.74, 6) is 2.78. The maximum Gasteiger partial charge on any atom is 0.191 e. The summed E-state index contributed by atoms with van der Waals surface area (Å²) >= 11 is 1.82. The van der Waals surface area contributed by atoms with Crippen LogP contribution in [0, 0.1) is 0 Å². The maximum atomic E-state index is 5.54. The number of thioether (sulfide) groups is 1. The van der Waals surface area contributed by atoms with Crippen molar-refractivity contribution < 1.29 is 9.47 Å². The second kappa shape index (κ2) is 12.2. The summed E-state index contributed by atoms with van der Waals surface area (Å²) in [6.45, 7) is 5.65. The Morgan fingerprint density at radius 3 is 2.59 bits per heavy atom. The Balaban J connectivity index is 2.47. The molecule has 1 aromatic carbocycles. The minimum absolute atomic E-state index is 0.567. The molecule has 0 heterocycles. The summed E-state index contributed by atoms with van der Waals surface area (Å²) < 4.78 is 10.5. The number of guanidine groups is 1. The molecule has 0 aliphatic heterocycles. The van der Waals surface area contributed by atoms with Gasteiger partial charge in [-0.3, -0.25) is 0 Å². The predicted octanol–water partition coefficient (Wildman–Crippen LogP) is 2.13. The SMILES string of the molecule is CCNC(=NCc1ccc(OCCOC)cc1)NCCSC. The van der Waals surface area contributed by atoms with Gasteiger partial charge in [0.2, 0.25) is 0 Å². The van der Waals surface area contributed by atoms with Crippen molar-refractivity contribution in [1.29, 1.82) is 0 Å². The van der Waals surface area contributed by atoms with Crippen molar-refractivity contribution in [2.45, 2.75) is 13.5 Å². The third-order valence-corrected chi connectivity index (χ3v) is 3.45. The van der Waals surface area contributed by atoms with Gasteiger partial charge in [0.25, 0.3) is 0 Å². The molecule has 1 rings (SSSR count). The van der Waals surface area contributed by atoms with Crippen LogP contribution >= 0.6 is 11.8 Å². The van der Waals surface area contributed by atoms with Crippen LogP contribution in [-0.2, 0) is 11.3 Å². The monoisotopic (exact) mass is 325 g/mol. The standard InChI is InChI=1S/C16H27N3O2S/c1-4-17-16(18-9-12-22-3)19-13-14-5-7-15(8-6-14)21-11-10-20-2/h5-8H,4,9-13H2,1-3H3,(H2,17,18,19). The molecule has 0 aliphatic carbocycles. The molecule has 0 atom stereocenters. The summed E-state index contributed by atoms with van der Waals surface area (Å²) in [5, 5.41) is 6.57. The van der Waals surface area contributed by atoms with Crippen LogP contribution < -0.4 is 15.4 Å². The van der Waals surface area contributed by atoms with Gasteiger partial charge in [-0.1, -0.05) is 12.1 Å². The number of ether oxygens (including phenoxy) is 2. The lowest BCUT2D eigenvalue weighted by molar-refractivity contribution is 0.146. The molecule has 0 radical (unpaired) electrons. The van der Waals surface area contributed by atoms with Crippen LogP contribution in [0.4, 0.5) is 0 Å². The highest BCUT2D eigenvalue weighted by molar-refractivity contribution is 7.98. The van der Waals surface area contributed by atoms with Gasteiger partial charge in [-0.2, -0.15) is 11.8 Å². The number of hydrogen-bond donors (Lipinski definition) is 2. The van der Waals surface area contributed by atoms with E-state index < -0.39 is 0 Å². The highest BCUT2D eigenvalue weighted by atomic mass is 32.2. The molecule has 1 aromatic rings. The molecule has 124 valence electrons. The van der Waals surface area contributed by atoms with Gasteiger partial charge >= 0.3 is 0 Å². The van der Waals surface area contributed by atoms with Gasteiger partial charge < -0.3 is 20.1 Å². The van der Waals surface area contributed by atoms with E-state index >= 15 is 0 Å². The summed E-state index contributed by atoms with van der Waals surface area (Å²) in [4.78, 5) is 4.58. The number of nitrogens with one attached hydrogen (secondary N) is 2. The fourth-order valence-electron chi connectivity index (χ4n) is 1.72. The molecular weight excluding hydrogens is 298 g/mol. The lowest BCUT2D eigenvalue weighted by Gasteiger charge is -2.11. The first-order chi connectivity index (χ1) is 10.8. The van der Waals surface area contributed by atoms with Gasteiger partial charge in [0.15, 0.2) is 5.96 Å². The van der Waals surface area contributed by atoms with Gasteiger partial charge in [0.1, 0.15) is 12.4 Å². The van der Waals surface area contributed by atoms with E-state index in [-0.39, 0.29) is 0 Å². The Bertz CT molecular complexity index is 424. The summed E-state index contributed by atoms with van der Waals surface area (Å²) in [6.07, 6.45) is 2.10. The number of hydrogen-bond acceptors (Lipinski definition) is 4. The quantitative estimate of drug-likeness (QED) is 0.392. The Morgan fingerprint density at radius 2 is 1.95 bits per heavy atom. The summed E-state index contributed by atoms with van der Waals surface area (Å²) in [6, 6.07) is 8.01. The Hall–Kier alpha value is -1.40. The van der Waals surface area contributed by atoms with Crippen molar-refractivity contribution in [3.8, 4) is 5.75 Å². The van der Waals surface area contributed by atoms with Crippen molar-refractivity contribution in [2.24, 2.45) is 4.99 Å². The molecule has 0 saturated heterocycles. The van der Waals surface area contributed by atoms with E-state index in [1.807, 2.05) is 36.0 Å². The Kier molecular flexibility index (Phi) is 10.3. The molecule has 6 heteroatoms. The van der Waals surface area contributed by atoms with E-state index in [2.05, 4.69) is 28.8 Å². The third-order valence-electron chi connectivity index (χ3n) is 2.84. The third kappa shape index (κ3) is 8.14. The van der Waals surface area contributed by atoms with Gasteiger partial charge in [-0.25, -0.2) is 4.99 Å². The molecule has 0 unspecified atom stereocenters. The minimum atomic E-state index is 0.567. The Morgan fingerprint density at radius 1 is 1.18 bits per heavy atom. The van der Waals surface area contributed by atoms with E-state index in [1.165, 1.54) is 0 Å². The zero-order valence-electron chi connectivity index (χ0n) is 13.7. The van der Waals surface area contributed by atoms with Crippen LogP contribution in [0.25, 0.3) is 0 Å². The molecule has 0 aromatic heterocycles. The van der Waals surface area contributed by atoms with Gasteiger partial charge in [0.05, 0.1) is 13.2 Å². The molecule has 0 aliphatic rings. The van der Waals surface area contributed by atoms with Crippen LogP contribution in [0.1, 0.15) is 12.5 Å². The van der Waals surface area contributed by atoms with Gasteiger partial charge in [-0.05, 0) is 30.9 Å². The molecule has 0 saturated carbocycles. The molecule has 2 N–H and O–H groups in total. The van der Waals surface area contributed by atoms with Crippen LogP contribution in [0.2, 0.25) is 0 Å². The highest BCUT2D eigenvalue weighted by Gasteiger charge is 1.98. The maximum absolute atomic E-state index is 5.54. The first-order valence-electron chi connectivity index (χ1n) is 7.52. The van der Waals surface area contributed by atoms with Crippen molar-refractivity contribution in [3.05, 3.63) is 29.8 Å². The topological polar surface area (TPSA) is 54.9 Å².